The summed E-state index contributed by atoms with van der Waals surface area (Å²) in [6.45, 7) is 0.597. The maximum atomic E-state index is 11.8. The molecular weight excluding hydrogens is 276 g/mol. The number of carbonyl (C=O) groups excluding carboxylic acids is 1. The summed E-state index contributed by atoms with van der Waals surface area (Å²) in [6, 6.07) is 7.23. The van der Waals surface area contributed by atoms with Gasteiger partial charge in [-0.15, -0.1) is 0 Å². The fourth-order valence-corrected chi connectivity index (χ4v) is 3.38. The van der Waals surface area contributed by atoms with Crippen LogP contribution in [0.15, 0.2) is 30.3 Å². The van der Waals surface area contributed by atoms with Gasteiger partial charge < -0.3 is 15.7 Å². The van der Waals surface area contributed by atoms with Crippen molar-refractivity contribution < 1.29 is 14.7 Å². The van der Waals surface area contributed by atoms with Gasteiger partial charge in [-0.2, -0.15) is 11.8 Å². The first-order chi connectivity index (χ1) is 9.66. The molecule has 0 aromatic heterocycles. The second-order valence-electron chi connectivity index (χ2n) is 4.77. The van der Waals surface area contributed by atoms with Gasteiger partial charge in [-0.3, -0.25) is 0 Å². The minimum Gasteiger partial charge on any atom is -0.479 e. The quantitative estimate of drug-likeness (QED) is 0.774. The minimum atomic E-state index is -1.07. The van der Waals surface area contributed by atoms with Crippen molar-refractivity contribution in [1.29, 1.82) is 0 Å². The first-order valence-corrected chi connectivity index (χ1v) is 7.72. The van der Waals surface area contributed by atoms with E-state index in [-0.39, 0.29) is 0 Å². The second kappa shape index (κ2) is 7.19. The van der Waals surface area contributed by atoms with E-state index in [2.05, 4.69) is 10.6 Å². The van der Waals surface area contributed by atoms with Crippen molar-refractivity contribution in [3.8, 4) is 0 Å². The third kappa shape index (κ3) is 4.16. The summed E-state index contributed by atoms with van der Waals surface area (Å²) in [5.74, 6) is 1.62. The van der Waals surface area contributed by atoms with E-state index >= 15 is 0 Å². The van der Waals surface area contributed by atoms with Gasteiger partial charge in [-0.25, -0.2) is 9.59 Å². The second-order valence-corrected chi connectivity index (χ2v) is 5.92. The SMILES string of the molecule is O=C(NCC1CCSC1)N[C@H](C(=O)O)c1ccccc1. The van der Waals surface area contributed by atoms with E-state index in [1.165, 1.54) is 0 Å². The van der Waals surface area contributed by atoms with Crippen LogP contribution in [0, 0.1) is 5.92 Å². The Kier molecular flexibility index (Phi) is 5.29. The molecule has 1 aromatic carbocycles. The van der Waals surface area contributed by atoms with Crippen molar-refractivity contribution in [2.45, 2.75) is 12.5 Å². The number of thioether (sulfide) groups is 1. The highest BCUT2D eigenvalue weighted by molar-refractivity contribution is 7.99. The van der Waals surface area contributed by atoms with Crippen LogP contribution in [-0.4, -0.2) is 35.2 Å². The first-order valence-electron chi connectivity index (χ1n) is 6.56. The Hall–Kier alpha value is -1.69. The predicted octanol–water partition coefficient (Wildman–Crippen LogP) is 1.86. The lowest BCUT2D eigenvalue weighted by Gasteiger charge is -2.16. The zero-order valence-corrected chi connectivity index (χ0v) is 11.9. The van der Waals surface area contributed by atoms with Crippen molar-refractivity contribution in [1.82, 2.24) is 10.6 Å². The van der Waals surface area contributed by atoms with Gasteiger partial charge in [0.1, 0.15) is 0 Å². The van der Waals surface area contributed by atoms with Gasteiger partial charge in [0.05, 0.1) is 0 Å². The number of amides is 2. The van der Waals surface area contributed by atoms with Gasteiger partial charge >= 0.3 is 12.0 Å². The fraction of sp³-hybridized carbons (Fsp3) is 0.429. The lowest BCUT2D eigenvalue weighted by atomic mass is 10.1. The topological polar surface area (TPSA) is 78.4 Å². The molecule has 1 aromatic rings. The number of aliphatic carboxylic acids is 1. The van der Waals surface area contributed by atoms with Crippen LogP contribution in [-0.2, 0) is 4.79 Å². The molecule has 108 valence electrons. The molecule has 1 heterocycles. The number of carboxylic acid groups (broad SMARTS) is 1. The summed E-state index contributed by atoms with van der Waals surface area (Å²) in [5.41, 5.74) is 0.562. The summed E-state index contributed by atoms with van der Waals surface area (Å²) >= 11 is 1.88. The molecule has 3 N–H and O–H groups in total. The summed E-state index contributed by atoms with van der Waals surface area (Å²) in [5, 5.41) is 14.5. The number of carboxylic acids is 1. The zero-order chi connectivity index (χ0) is 14.4. The maximum Gasteiger partial charge on any atom is 0.330 e. The van der Waals surface area contributed by atoms with Gasteiger partial charge in [0.25, 0.3) is 0 Å². The van der Waals surface area contributed by atoms with Crippen molar-refractivity contribution in [3.63, 3.8) is 0 Å². The molecule has 1 fully saturated rings. The number of hydrogen-bond donors (Lipinski definition) is 3. The monoisotopic (exact) mass is 294 g/mol. The molecule has 0 saturated carbocycles. The molecule has 2 amide bonds. The van der Waals surface area contributed by atoms with Crippen LogP contribution in [0.5, 0.6) is 0 Å². The molecule has 2 atom stereocenters. The average Bonchev–Trinajstić information content (AvgIpc) is 2.96. The van der Waals surface area contributed by atoms with E-state index in [0.717, 1.165) is 17.9 Å². The minimum absolute atomic E-state index is 0.432. The highest BCUT2D eigenvalue weighted by Crippen LogP contribution is 2.22. The smallest absolute Gasteiger partial charge is 0.330 e. The maximum absolute atomic E-state index is 11.8. The van der Waals surface area contributed by atoms with Crippen LogP contribution < -0.4 is 10.6 Å². The molecular formula is C14H18N2O3S. The largest absolute Gasteiger partial charge is 0.479 e. The van der Waals surface area contributed by atoms with Crippen molar-refractivity contribution in [2.75, 3.05) is 18.1 Å². The Morgan fingerprint density at radius 3 is 2.70 bits per heavy atom. The van der Waals surface area contributed by atoms with Crippen LogP contribution in [0.3, 0.4) is 0 Å². The average molecular weight is 294 g/mol. The Bertz CT molecular complexity index is 461. The highest BCUT2D eigenvalue weighted by atomic mass is 32.2. The number of carbonyl (C=O) groups is 2. The molecule has 6 heteroatoms. The Morgan fingerprint density at radius 2 is 2.10 bits per heavy atom. The Labute approximate surface area is 122 Å². The lowest BCUT2D eigenvalue weighted by Crippen LogP contribution is -2.42. The third-order valence-corrected chi connectivity index (χ3v) is 4.46. The number of urea groups is 1. The van der Waals surface area contributed by atoms with E-state index in [1.807, 2.05) is 11.8 Å². The number of nitrogens with one attached hydrogen (secondary N) is 2. The molecule has 5 nitrogen and oxygen atoms in total. The molecule has 1 unspecified atom stereocenters. The van der Waals surface area contributed by atoms with E-state index in [9.17, 15) is 14.7 Å². The van der Waals surface area contributed by atoms with Crippen molar-refractivity contribution in [3.05, 3.63) is 35.9 Å². The van der Waals surface area contributed by atoms with Crippen LogP contribution >= 0.6 is 11.8 Å². The van der Waals surface area contributed by atoms with E-state index in [1.54, 1.807) is 30.3 Å². The van der Waals surface area contributed by atoms with Gasteiger partial charge in [0, 0.05) is 6.54 Å². The number of hydrogen-bond acceptors (Lipinski definition) is 3. The summed E-state index contributed by atoms with van der Waals surface area (Å²) < 4.78 is 0. The van der Waals surface area contributed by atoms with Gasteiger partial charge in [-0.05, 0) is 29.4 Å². The van der Waals surface area contributed by atoms with E-state index < -0.39 is 18.0 Å². The Balaban J connectivity index is 1.87. The molecule has 1 aliphatic heterocycles. The molecule has 1 aliphatic rings. The summed E-state index contributed by atoms with van der Waals surface area (Å²) in [6.07, 6.45) is 1.10. The van der Waals surface area contributed by atoms with Crippen molar-refractivity contribution in [2.24, 2.45) is 5.92 Å². The number of benzene rings is 1. The Morgan fingerprint density at radius 1 is 1.35 bits per heavy atom. The highest BCUT2D eigenvalue weighted by Gasteiger charge is 2.22. The van der Waals surface area contributed by atoms with Crippen LogP contribution in [0.1, 0.15) is 18.0 Å². The molecule has 0 aliphatic carbocycles. The number of rotatable bonds is 5. The summed E-state index contributed by atoms with van der Waals surface area (Å²) in [4.78, 5) is 23.0. The standard InChI is InChI=1S/C14H18N2O3S/c17-13(18)12(11-4-2-1-3-5-11)16-14(19)15-8-10-6-7-20-9-10/h1-5,10,12H,6-9H2,(H,17,18)(H2,15,16,19)/t10?,12-/m0/s1. The van der Waals surface area contributed by atoms with E-state index in [0.29, 0.717) is 18.0 Å². The summed E-state index contributed by atoms with van der Waals surface area (Å²) in [7, 11) is 0. The molecule has 0 bridgehead atoms. The normalized spacial score (nSPS) is 19.3. The third-order valence-electron chi connectivity index (χ3n) is 3.23. The van der Waals surface area contributed by atoms with Crippen LogP contribution in [0.4, 0.5) is 4.79 Å². The fourth-order valence-electron chi connectivity index (χ4n) is 2.10. The molecule has 0 radical (unpaired) electrons. The first kappa shape index (κ1) is 14.7. The van der Waals surface area contributed by atoms with Gasteiger partial charge in [-0.1, -0.05) is 30.3 Å². The van der Waals surface area contributed by atoms with Crippen LogP contribution in [0.25, 0.3) is 0 Å². The predicted molar refractivity (Wildman–Crippen MR) is 78.8 cm³/mol. The molecule has 20 heavy (non-hydrogen) atoms. The zero-order valence-electron chi connectivity index (χ0n) is 11.0. The van der Waals surface area contributed by atoms with Crippen LogP contribution in [0.2, 0.25) is 0 Å². The molecule has 2 rings (SSSR count). The molecule has 1 saturated heterocycles. The van der Waals surface area contributed by atoms with Crippen molar-refractivity contribution >= 4 is 23.8 Å². The molecule has 0 spiro atoms. The van der Waals surface area contributed by atoms with E-state index in [4.69, 9.17) is 0 Å². The van der Waals surface area contributed by atoms with Gasteiger partial charge in [0.2, 0.25) is 0 Å². The van der Waals surface area contributed by atoms with Gasteiger partial charge in [0.15, 0.2) is 6.04 Å². The lowest BCUT2D eigenvalue weighted by molar-refractivity contribution is -0.139.